The summed E-state index contributed by atoms with van der Waals surface area (Å²) in [7, 11) is -1.89. The molecule has 10 heteroatoms. The molecule has 2 amide bonds. The van der Waals surface area contributed by atoms with Gasteiger partial charge in [-0.2, -0.15) is 4.31 Å². The van der Waals surface area contributed by atoms with E-state index in [2.05, 4.69) is 10.3 Å². The molecule has 0 radical (unpaired) electrons. The molecule has 1 aliphatic heterocycles. The zero-order valence-electron chi connectivity index (χ0n) is 23.0. The minimum absolute atomic E-state index is 0.173. The molecule has 3 aromatic rings. The van der Waals surface area contributed by atoms with Gasteiger partial charge in [0.05, 0.1) is 12.0 Å². The third kappa shape index (κ3) is 7.45. The average molecular weight is 565 g/mol. The van der Waals surface area contributed by atoms with Gasteiger partial charge in [0.15, 0.2) is 0 Å². The van der Waals surface area contributed by atoms with Gasteiger partial charge in [0, 0.05) is 45.0 Å². The zero-order chi connectivity index (χ0) is 28.5. The van der Waals surface area contributed by atoms with Gasteiger partial charge in [-0.3, -0.25) is 14.6 Å². The summed E-state index contributed by atoms with van der Waals surface area (Å²) in [4.78, 5) is 32.4. The maximum Gasteiger partial charge on any atom is 0.243 e. The maximum absolute atomic E-state index is 13.5. The molecule has 1 aliphatic rings. The van der Waals surface area contributed by atoms with E-state index < -0.39 is 16.1 Å². The first-order valence-electron chi connectivity index (χ1n) is 13.5. The van der Waals surface area contributed by atoms with E-state index in [4.69, 9.17) is 4.74 Å². The van der Waals surface area contributed by atoms with Crippen molar-refractivity contribution in [2.45, 2.75) is 56.6 Å². The van der Waals surface area contributed by atoms with Crippen LogP contribution in [0.5, 0.6) is 5.75 Å². The fraction of sp³-hybridized carbons (Fsp3) is 0.367. The third-order valence-electron chi connectivity index (χ3n) is 7.12. The summed E-state index contributed by atoms with van der Waals surface area (Å²) in [6.07, 6.45) is 5.72. The number of nitrogens with one attached hydrogen (secondary N) is 1. The number of benzene rings is 2. The highest BCUT2D eigenvalue weighted by Gasteiger charge is 2.28. The number of hydrogen-bond acceptors (Lipinski definition) is 6. The first-order valence-corrected chi connectivity index (χ1v) is 14.9. The van der Waals surface area contributed by atoms with Gasteiger partial charge in [-0.05, 0) is 73.2 Å². The second kappa shape index (κ2) is 13.5. The van der Waals surface area contributed by atoms with E-state index in [1.165, 1.54) is 4.31 Å². The lowest BCUT2D eigenvalue weighted by Crippen LogP contribution is -2.47. The lowest BCUT2D eigenvalue weighted by molar-refractivity contribution is -0.140. The summed E-state index contributed by atoms with van der Waals surface area (Å²) in [5, 5.41) is 2.90. The van der Waals surface area contributed by atoms with Crippen molar-refractivity contribution in [1.82, 2.24) is 19.5 Å². The molecular weight excluding hydrogens is 528 g/mol. The van der Waals surface area contributed by atoms with E-state index in [9.17, 15) is 18.0 Å². The Hall–Kier alpha value is -3.76. The molecule has 2 heterocycles. The van der Waals surface area contributed by atoms with Crippen LogP contribution in [0.3, 0.4) is 0 Å². The number of aryl methyl sites for hydroxylation is 1. The van der Waals surface area contributed by atoms with Crippen LogP contribution in [-0.4, -0.2) is 60.7 Å². The Balaban J connectivity index is 1.43. The standard InChI is InChI=1S/C30H36N4O5S/c1-23(30(36)32-21-26-6-5-17-31-20-26)34(22-25-7-12-27(39-2)13-8-25)29(35)16-11-24-9-14-28(15-10-24)40(37,38)33-18-3-4-19-33/h5-10,12-15,17,20,23H,3-4,11,16,18-19,21-22H2,1-2H3,(H,32,36)/t23-/m0/s1. The Bertz CT molecular complexity index is 1370. The number of sulfonamides is 1. The van der Waals surface area contributed by atoms with Gasteiger partial charge in [0.2, 0.25) is 21.8 Å². The highest BCUT2D eigenvalue weighted by molar-refractivity contribution is 7.89. The van der Waals surface area contributed by atoms with E-state index in [0.717, 1.165) is 29.5 Å². The van der Waals surface area contributed by atoms with Crippen molar-refractivity contribution >= 4 is 21.8 Å². The van der Waals surface area contributed by atoms with Gasteiger partial charge in [-0.15, -0.1) is 0 Å². The van der Waals surface area contributed by atoms with E-state index in [1.807, 2.05) is 30.3 Å². The smallest absolute Gasteiger partial charge is 0.243 e. The molecule has 1 N–H and O–H groups in total. The molecule has 2 aromatic carbocycles. The summed E-state index contributed by atoms with van der Waals surface area (Å²) in [6.45, 7) is 3.40. The summed E-state index contributed by atoms with van der Waals surface area (Å²) in [5.41, 5.74) is 2.59. The number of ether oxygens (including phenoxy) is 1. The average Bonchev–Trinajstić information content (AvgIpc) is 3.54. The van der Waals surface area contributed by atoms with Crippen molar-refractivity contribution < 1.29 is 22.7 Å². The van der Waals surface area contributed by atoms with Crippen LogP contribution < -0.4 is 10.1 Å². The van der Waals surface area contributed by atoms with Crippen LogP contribution in [0.4, 0.5) is 0 Å². The predicted octanol–water partition coefficient (Wildman–Crippen LogP) is 3.54. The van der Waals surface area contributed by atoms with Crippen molar-refractivity contribution in [3.05, 3.63) is 89.7 Å². The second-order valence-corrected chi connectivity index (χ2v) is 11.8. The Morgan fingerprint density at radius 1 is 1.00 bits per heavy atom. The Morgan fingerprint density at radius 3 is 2.30 bits per heavy atom. The molecule has 1 aromatic heterocycles. The van der Waals surface area contributed by atoms with Gasteiger partial charge < -0.3 is 15.0 Å². The van der Waals surface area contributed by atoms with Crippen LogP contribution in [0.15, 0.2) is 78.0 Å². The molecule has 1 saturated heterocycles. The number of hydrogen-bond donors (Lipinski definition) is 1. The Morgan fingerprint density at radius 2 is 1.68 bits per heavy atom. The maximum atomic E-state index is 13.5. The van der Waals surface area contributed by atoms with Crippen LogP contribution in [0.1, 0.15) is 42.9 Å². The number of rotatable bonds is 12. The number of carbonyl (C=O) groups excluding carboxylic acids is 2. The van der Waals surface area contributed by atoms with E-state index in [0.29, 0.717) is 31.8 Å². The van der Waals surface area contributed by atoms with E-state index >= 15 is 0 Å². The van der Waals surface area contributed by atoms with Crippen molar-refractivity contribution in [3.8, 4) is 5.75 Å². The molecule has 1 atom stereocenters. The Labute approximate surface area is 236 Å². The molecule has 40 heavy (non-hydrogen) atoms. The summed E-state index contributed by atoms with van der Waals surface area (Å²) >= 11 is 0. The van der Waals surface area contributed by atoms with Crippen LogP contribution in [0.25, 0.3) is 0 Å². The summed E-state index contributed by atoms with van der Waals surface area (Å²) in [6, 6.07) is 17.1. The highest BCUT2D eigenvalue weighted by atomic mass is 32.2. The minimum Gasteiger partial charge on any atom is -0.497 e. The minimum atomic E-state index is -3.49. The number of methoxy groups -OCH3 is 1. The molecule has 1 fully saturated rings. The van der Waals surface area contributed by atoms with Crippen LogP contribution in [0, 0.1) is 0 Å². The van der Waals surface area contributed by atoms with Crippen molar-refractivity contribution in [2.75, 3.05) is 20.2 Å². The highest BCUT2D eigenvalue weighted by Crippen LogP contribution is 2.22. The molecule has 0 bridgehead atoms. The fourth-order valence-electron chi connectivity index (χ4n) is 4.65. The van der Waals surface area contributed by atoms with Crippen molar-refractivity contribution in [3.63, 3.8) is 0 Å². The lowest BCUT2D eigenvalue weighted by Gasteiger charge is -2.29. The van der Waals surface area contributed by atoms with Crippen LogP contribution in [0.2, 0.25) is 0 Å². The zero-order valence-corrected chi connectivity index (χ0v) is 23.8. The van der Waals surface area contributed by atoms with Gasteiger partial charge in [-0.1, -0.05) is 30.3 Å². The lowest BCUT2D eigenvalue weighted by atomic mass is 10.1. The summed E-state index contributed by atoms with van der Waals surface area (Å²) in [5.74, 6) is 0.273. The van der Waals surface area contributed by atoms with Gasteiger partial charge in [0.1, 0.15) is 11.8 Å². The fourth-order valence-corrected chi connectivity index (χ4v) is 6.17. The monoisotopic (exact) mass is 564 g/mol. The second-order valence-electron chi connectivity index (χ2n) is 9.88. The molecule has 4 rings (SSSR count). The molecule has 0 saturated carbocycles. The van der Waals surface area contributed by atoms with Gasteiger partial charge in [0.25, 0.3) is 0 Å². The Kier molecular flexibility index (Phi) is 9.89. The first-order chi connectivity index (χ1) is 19.3. The van der Waals surface area contributed by atoms with Crippen molar-refractivity contribution in [1.29, 1.82) is 0 Å². The van der Waals surface area contributed by atoms with Crippen LogP contribution >= 0.6 is 0 Å². The van der Waals surface area contributed by atoms with E-state index in [-0.39, 0.29) is 29.7 Å². The molecule has 0 spiro atoms. The molecule has 9 nitrogen and oxygen atoms in total. The van der Waals surface area contributed by atoms with Crippen molar-refractivity contribution in [2.24, 2.45) is 0 Å². The molecule has 212 valence electrons. The largest absolute Gasteiger partial charge is 0.497 e. The van der Waals surface area contributed by atoms with Gasteiger partial charge >= 0.3 is 0 Å². The SMILES string of the molecule is COc1ccc(CN(C(=O)CCc2ccc(S(=O)(=O)N3CCCC3)cc2)[C@@H](C)C(=O)NCc2cccnc2)cc1. The topological polar surface area (TPSA) is 109 Å². The number of pyridine rings is 1. The molecule has 0 unspecified atom stereocenters. The number of carbonyl (C=O) groups is 2. The predicted molar refractivity (Wildman–Crippen MR) is 152 cm³/mol. The van der Waals surface area contributed by atoms with E-state index in [1.54, 1.807) is 61.7 Å². The first kappa shape index (κ1) is 29.2. The molecule has 0 aliphatic carbocycles. The normalized spacial score (nSPS) is 14.4. The quantitative estimate of drug-likeness (QED) is 0.361. The summed E-state index contributed by atoms with van der Waals surface area (Å²) < 4.78 is 32.4. The number of nitrogens with zero attached hydrogens (tertiary/aromatic N) is 3. The van der Waals surface area contributed by atoms with Crippen LogP contribution in [-0.2, 0) is 39.1 Å². The molecular formula is C30H36N4O5S. The third-order valence-corrected chi connectivity index (χ3v) is 9.04. The number of aromatic nitrogens is 1. The van der Waals surface area contributed by atoms with Gasteiger partial charge in [-0.25, -0.2) is 8.42 Å². The number of amides is 2.